The third kappa shape index (κ3) is 3.06. The van der Waals surface area contributed by atoms with Crippen LogP contribution in [0.15, 0.2) is 33.9 Å². The van der Waals surface area contributed by atoms with Gasteiger partial charge in [0.1, 0.15) is 5.52 Å². The normalized spacial score (nSPS) is 14.1. The first-order chi connectivity index (χ1) is 7.97. The Bertz CT molecular complexity index is 480. The molecule has 1 heterocycles. The third-order valence-electron chi connectivity index (χ3n) is 1.74. The van der Waals surface area contributed by atoms with Crippen LogP contribution in [0.5, 0.6) is 0 Å². The number of rotatable bonds is 3. The lowest BCUT2D eigenvalue weighted by molar-refractivity contribution is -0.153. The van der Waals surface area contributed by atoms with Crippen molar-refractivity contribution < 1.29 is 22.0 Å². The number of nitrogens with zero attached hydrogens (tertiary/aromatic N) is 1. The summed E-state index contributed by atoms with van der Waals surface area (Å²) in [7, 11) is 0.545. The van der Waals surface area contributed by atoms with Crippen molar-refractivity contribution in [3.8, 4) is 0 Å². The van der Waals surface area contributed by atoms with E-state index in [-0.39, 0.29) is 16.0 Å². The smallest absolute Gasteiger partial charge is 0.430 e. The number of oxazole rings is 1. The van der Waals surface area contributed by atoms with Gasteiger partial charge in [0.25, 0.3) is 10.7 Å². The lowest BCUT2D eigenvalue weighted by Gasteiger charge is -2.08. The van der Waals surface area contributed by atoms with E-state index in [2.05, 4.69) is 4.98 Å². The predicted molar refractivity (Wildman–Crippen MR) is 58.4 cm³/mol. The molecule has 0 bridgehead atoms. The maximum atomic E-state index is 12.6. The summed E-state index contributed by atoms with van der Waals surface area (Å²) in [5.41, 5.74) is -1.97. The highest BCUT2D eigenvalue weighted by molar-refractivity contribution is 8.76. The second kappa shape index (κ2) is 4.77. The zero-order valence-electron chi connectivity index (χ0n) is 8.07. The molecule has 2 nitrogen and oxygen atoms in total. The van der Waals surface area contributed by atoms with Crippen LogP contribution in [-0.4, -0.2) is 16.7 Å². The average Bonchev–Trinajstić information content (AvgIpc) is 2.66. The van der Waals surface area contributed by atoms with Crippen LogP contribution in [0.25, 0.3) is 11.1 Å². The highest BCUT2D eigenvalue weighted by atomic mass is 33.1. The van der Waals surface area contributed by atoms with E-state index in [0.29, 0.717) is 21.9 Å². The van der Waals surface area contributed by atoms with Gasteiger partial charge in [-0.25, -0.2) is 9.37 Å². The summed E-state index contributed by atoms with van der Waals surface area (Å²) in [6.45, 7) is 0. The molecular formula is C9H5F4NOS2. The lowest BCUT2D eigenvalue weighted by atomic mass is 10.3. The van der Waals surface area contributed by atoms with Crippen LogP contribution >= 0.6 is 21.6 Å². The molecule has 92 valence electrons. The van der Waals surface area contributed by atoms with Crippen molar-refractivity contribution in [1.29, 1.82) is 0 Å². The third-order valence-corrected chi connectivity index (χ3v) is 3.81. The van der Waals surface area contributed by atoms with Crippen LogP contribution < -0.4 is 0 Å². The second-order valence-corrected chi connectivity index (χ2v) is 5.18. The van der Waals surface area contributed by atoms with Gasteiger partial charge >= 0.3 is 6.18 Å². The summed E-state index contributed by atoms with van der Waals surface area (Å²) in [6.07, 6.45) is -4.87. The quantitative estimate of drug-likeness (QED) is 0.615. The SMILES string of the molecule is FC(SSc1nc2ccccc2o1)C(F)(F)F. The maximum Gasteiger partial charge on any atom is 0.430 e. The van der Waals surface area contributed by atoms with E-state index in [0.717, 1.165) is 0 Å². The standard InChI is InChI=1S/C9H5F4NOS2/c10-7(9(11,12)13)16-17-8-14-5-3-1-2-4-6(5)15-8/h1-4,7H. The van der Waals surface area contributed by atoms with Crippen molar-refractivity contribution >= 4 is 32.7 Å². The summed E-state index contributed by atoms with van der Waals surface area (Å²) in [5.74, 6) is 0. The minimum absolute atomic E-state index is 0.00287. The number of halogens is 4. The van der Waals surface area contributed by atoms with Gasteiger partial charge in [0.15, 0.2) is 5.58 Å². The molecule has 0 radical (unpaired) electrons. The fraction of sp³-hybridized carbons (Fsp3) is 0.222. The molecule has 0 saturated carbocycles. The highest BCUT2D eigenvalue weighted by Crippen LogP contribution is 2.42. The van der Waals surface area contributed by atoms with Crippen molar-refractivity contribution in [3.63, 3.8) is 0 Å². The first-order valence-corrected chi connectivity index (χ1v) is 6.58. The van der Waals surface area contributed by atoms with Gasteiger partial charge in [0.2, 0.25) is 0 Å². The molecule has 8 heteroatoms. The Labute approximate surface area is 101 Å². The van der Waals surface area contributed by atoms with Gasteiger partial charge in [-0.3, -0.25) is 0 Å². The molecular weight excluding hydrogens is 278 g/mol. The Morgan fingerprint density at radius 2 is 1.94 bits per heavy atom. The minimum Gasteiger partial charge on any atom is -0.431 e. The molecule has 1 aromatic carbocycles. The monoisotopic (exact) mass is 283 g/mol. The van der Waals surface area contributed by atoms with Crippen LogP contribution in [0.3, 0.4) is 0 Å². The number of aromatic nitrogens is 1. The van der Waals surface area contributed by atoms with Crippen molar-refractivity contribution in [2.75, 3.05) is 0 Å². The Balaban J connectivity index is 2.04. The zero-order valence-corrected chi connectivity index (χ0v) is 9.70. The van der Waals surface area contributed by atoms with E-state index in [1.165, 1.54) is 0 Å². The van der Waals surface area contributed by atoms with Crippen molar-refractivity contribution in [2.45, 2.75) is 16.9 Å². The van der Waals surface area contributed by atoms with Crippen molar-refractivity contribution in [3.05, 3.63) is 24.3 Å². The van der Waals surface area contributed by atoms with E-state index >= 15 is 0 Å². The second-order valence-electron chi connectivity index (χ2n) is 2.98. The Hall–Kier alpha value is -0.890. The summed E-state index contributed by atoms with van der Waals surface area (Å²) in [4.78, 5) is 3.91. The van der Waals surface area contributed by atoms with E-state index in [9.17, 15) is 17.6 Å². The number of hydrogen-bond donors (Lipinski definition) is 0. The molecule has 0 aliphatic heterocycles. The number of hydrogen-bond acceptors (Lipinski definition) is 4. The first-order valence-electron chi connectivity index (χ1n) is 4.36. The summed E-state index contributed by atoms with van der Waals surface area (Å²) >= 11 is 0. The molecule has 2 rings (SSSR count). The molecule has 0 spiro atoms. The molecule has 1 atom stereocenters. The summed E-state index contributed by atoms with van der Waals surface area (Å²) < 4.78 is 53.4. The lowest BCUT2D eigenvalue weighted by Crippen LogP contribution is -2.19. The largest absolute Gasteiger partial charge is 0.431 e. The van der Waals surface area contributed by atoms with Gasteiger partial charge in [-0.05, 0) is 22.9 Å². The van der Waals surface area contributed by atoms with E-state index in [4.69, 9.17) is 4.42 Å². The van der Waals surface area contributed by atoms with Crippen molar-refractivity contribution in [1.82, 2.24) is 4.98 Å². The molecule has 0 fully saturated rings. The van der Waals surface area contributed by atoms with Crippen LogP contribution in [-0.2, 0) is 0 Å². The molecule has 0 aliphatic rings. The molecule has 0 N–H and O–H groups in total. The summed E-state index contributed by atoms with van der Waals surface area (Å²) in [6, 6.07) is 6.72. The molecule has 2 aromatic rings. The van der Waals surface area contributed by atoms with E-state index in [1.807, 2.05) is 0 Å². The summed E-state index contributed by atoms with van der Waals surface area (Å²) in [5, 5.41) is 0.00287. The topological polar surface area (TPSA) is 26.0 Å². The van der Waals surface area contributed by atoms with Gasteiger partial charge in [0.05, 0.1) is 0 Å². The van der Waals surface area contributed by atoms with Crippen LogP contribution in [0.1, 0.15) is 0 Å². The van der Waals surface area contributed by atoms with Crippen LogP contribution in [0, 0.1) is 0 Å². The molecule has 0 aliphatic carbocycles. The van der Waals surface area contributed by atoms with Gasteiger partial charge < -0.3 is 4.42 Å². The van der Waals surface area contributed by atoms with Crippen LogP contribution in [0.2, 0.25) is 0 Å². The van der Waals surface area contributed by atoms with Gasteiger partial charge in [-0.15, -0.1) is 0 Å². The average molecular weight is 283 g/mol. The molecule has 0 saturated heterocycles. The van der Waals surface area contributed by atoms with Gasteiger partial charge in [-0.2, -0.15) is 13.2 Å². The fourth-order valence-electron chi connectivity index (χ4n) is 1.02. The predicted octanol–water partition coefficient (Wildman–Crippen LogP) is 4.43. The molecule has 17 heavy (non-hydrogen) atoms. The Kier molecular flexibility index (Phi) is 3.53. The maximum absolute atomic E-state index is 12.6. The highest BCUT2D eigenvalue weighted by Gasteiger charge is 2.41. The molecule has 1 aromatic heterocycles. The minimum atomic E-state index is -4.87. The Morgan fingerprint density at radius 3 is 2.59 bits per heavy atom. The number of fused-ring (bicyclic) bond motifs is 1. The number of alkyl halides is 4. The number of para-hydroxylation sites is 2. The Morgan fingerprint density at radius 1 is 1.24 bits per heavy atom. The van der Waals surface area contributed by atoms with Gasteiger partial charge in [0, 0.05) is 10.8 Å². The fourth-order valence-corrected chi connectivity index (χ4v) is 2.60. The van der Waals surface area contributed by atoms with Crippen LogP contribution in [0.4, 0.5) is 17.6 Å². The van der Waals surface area contributed by atoms with Gasteiger partial charge in [-0.1, -0.05) is 12.1 Å². The number of benzene rings is 1. The van der Waals surface area contributed by atoms with E-state index in [1.54, 1.807) is 24.3 Å². The molecule has 1 unspecified atom stereocenters. The molecule has 0 amide bonds. The van der Waals surface area contributed by atoms with E-state index < -0.39 is 11.7 Å². The van der Waals surface area contributed by atoms with Crippen molar-refractivity contribution in [2.24, 2.45) is 0 Å². The zero-order chi connectivity index (χ0) is 12.5. The first kappa shape index (κ1) is 12.6.